The molecule has 1 aliphatic carbocycles. The van der Waals surface area contributed by atoms with Crippen molar-refractivity contribution in [2.45, 2.75) is 45.1 Å². The molecule has 5 nitrogen and oxygen atoms in total. The Morgan fingerprint density at radius 1 is 1.38 bits per heavy atom. The van der Waals surface area contributed by atoms with Gasteiger partial charge in [0.2, 0.25) is 5.82 Å². The van der Waals surface area contributed by atoms with Gasteiger partial charge in [-0.25, -0.2) is 4.98 Å². The van der Waals surface area contributed by atoms with Gasteiger partial charge in [-0.15, -0.1) is 5.10 Å². The minimum Gasteiger partial charge on any atom is -0.346 e. The van der Waals surface area contributed by atoms with Crippen LogP contribution in [-0.2, 0) is 19.3 Å². The standard InChI is InChI=1S/C16H20N4O/c1-2-5-14-18-15(20-19-14)16(21)17-13-9-8-11-6-3-4-7-12(11)10-13/h3-4,6-7,13H,2,5,8-10H2,1H3,(H,17,21)(H,18,19,20). The number of hydrogen-bond acceptors (Lipinski definition) is 3. The fourth-order valence-electron chi connectivity index (χ4n) is 2.82. The third kappa shape index (κ3) is 3.12. The Labute approximate surface area is 124 Å². The van der Waals surface area contributed by atoms with Gasteiger partial charge in [-0.2, -0.15) is 0 Å². The minimum absolute atomic E-state index is 0.167. The molecule has 2 N–H and O–H groups in total. The van der Waals surface area contributed by atoms with Crippen molar-refractivity contribution in [1.82, 2.24) is 20.5 Å². The van der Waals surface area contributed by atoms with Crippen LogP contribution in [0.15, 0.2) is 24.3 Å². The number of carbonyl (C=O) groups excluding carboxylic acids is 1. The van der Waals surface area contributed by atoms with Gasteiger partial charge in [0.1, 0.15) is 5.82 Å². The highest BCUT2D eigenvalue weighted by Crippen LogP contribution is 2.21. The molecule has 1 heterocycles. The van der Waals surface area contributed by atoms with Crippen LogP contribution in [0, 0.1) is 0 Å². The number of H-pyrrole nitrogens is 1. The van der Waals surface area contributed by atoms with E-state index in [9.17, 15) is 4.79 Å². The molecule has 21 heavy (non-hydrogen) atoms. The number of aromatic nitrogens is 3. The van der Waals surface area contributed by atoms with Gasteiger partial charge in [0.15, 0.2) is 0 Å². The van der Waals surface area contributed by atoms with Crippen LogP contribution in [0.1, 0.15) is 47.3 Å². The summed E-state index contributed by atoms with van der Waals surface area (Å²) < 4.78 is 0. The van der Waals surface area contributed by atoms with Crippen molar-refractivity contribution in [2.75, 3.05) is 0 Å². The molecule has 1 atom stereocenters. The average molecular weight is 284 g/mol. The van der Waals surface area contributed by atoms with E-state index in [-0.39, 0.29) is 17.8 Å². The lowest BCUT2D eigenvalue weighted by Crippen LogP contribution is -2.39. The maximum atomic E-state index is 12.2. The highest BCUT2D eigenvalue weighted by Gasteiger charge is 2.22. The van der Waals surface area contributed by atoms with Crippen LogP contribution in [0.2, 0.25) is 0 Å². The molecular weight excluding hydrogens is 264 g/mol. The highest BCUT2D eigenvalue weighted by atomic mass is 16.2. The Hall–Kier alpha value is -2.17. The van der Waals surface area contributed by atoms with Gasteiger partial charge >= 0.3 is 0 Å². The summed E-state index contributed by atoms with van der Waals surface area (Å²) in [5, 5.41) is 9.86. The summed E-state index contributed by atoms with van der Waals surface area (Å²) >= 11 is 0. The predicted octanol–water partition coefficient (Wildman–Crippen LogP) is 2.04. The molecule has 1 aliphatic rings. The number of rotatable bonds is 4. The molecule has 1 aromatic carbocycles. The number of nitrogens with one attached hydrogen (secondary N) is 2. The van der Waals surface area contributed by atoms with Gasteiger partial charge in [0, 0.05) is 12.5 Å². The summed E-state index contributed by atoms with van der Waals surface area (Å²) in [6.45, 7) is 2.07. The number of aryl methyl sites for hydroxylation is 2. The number of hydrogen-bond donors (Lipinski definition) is 2. The number of carbonyl (C=O) groups is 1. The van der Waals surface area contributed by atoms with E-state index < -0.39 is 0 Å². The summed E-state index contributed by atoms with van der Waals surface area (Å²) in [7, 11) is 0. The van der Waals surface area contributed by atoms with E-state index in [0.29, 0.717) is 0 Å². The summed E-state index contributed by atoms with van der Waals surface area (Å²) in [6, 6.07) is 8.59. The van der Waals surface area contributed by atoms with Crippen LogP contribution in [0.3, 0.4) is 0 Å². The van der Waals surface area contributed by atoms with Crippen molar-refractivity contribution in [3.8, 4) is 0 Å². The highest BCUT2D eigenvalue weighted by molar-refractivity contribution is 5.90. The quantitative estimate of drug-likeness (QED) is 0.902. The molecule has 1 unspecified atom stereocenters. The molecule has 0 spiro atoms. The molecule has 1 amide bonds. The smallest absolute Gasteiger partial charge is 0.291 e. The molecule has 0 aliphatic heterocycles. The number of nitrogens with zero attached hydrogens (tertiary/aromatic N) is 2. The van der Waals surface area contributed by atoms with Crippen molar-refractivity contribution < 1.29 is 4.79 Å². The zero-order chi connectivity index (χ0) is 14.7. The number of aromatic amines is 1. The van der Waals surface area contributed by atoms with Gasteiger partial charge in [-0.05, 0) is 36.8 Å². The van der Waals surface area contributed by atoms with Crippen LogP contribution in [0.25, 0.3) is 0 Å². The second-order valence-electron chi connectivity index (χ2n) is 5.54. The lowest BCUT2D eigenvalue weighted by molar-refractivity contribution is 0.0923. The minimum atomic E-state index is -0.182. The first-order valence-corrected chi connectivity index (χ1v) is 7.55. The largest absolute Gasteiger partial charge is 0.346 e. The Kier molecular flexibility index (Phi) is 3.99. The van der Waals surface area contributed by atoms with Crippen molar-refractivity contribution in [1.29, 1.82) is 0 Å². The van der Waals surface area contributed by atoms with E-state index in [4.69, 9.17) is 0 Å². The Balaban J connectivity index is 1.63. The molecule has 110 valence electrons. The van der Waals surface area contributed by atoms with Crippen molar-refractivity contribution >= 4 is 5.91 Å². The summed E-state index contributed by atoms with van der Waals surface area (Å²) in [4.78, 5) is 16.4. The van der Waals surface area contributed by atoms with Crippen LogP contribution in [0.4, 0.5) is 0 Å². The number of benzene rings is 1. The maximum Gasteiger partial charge on any atom is 0.291 e. The SMILES string of the molecule is CCCc1nc(C(=O)NC2CCc3ccccc3C2)n[nH]1. The molecule has 0 saturated heterocycles. The van der Waals surface area contributed by atoms with Gasteiger partial charge in [-0.3, -0.25) is 9.89 Å². The summed E-state index contributed by atoms with van der Waals surface area (Å²) in [5.41, 5.74) is 2.72. The second kappa shape index (κ2) is 6.08. The first-order chi connectivity index (χ1) is 10.3. The van der Waals surface area contributed by atoms with Gasteiger partial charge < -0.3 is 5.32 Å². The number of amides is 1. The lowest BCUT2D eigenvalue weighted by Gasteiger charge is -2.24. The average Bonchev–Trinajstić information content (AvgIpc) is 2.96. The fraction of sp³-hybridized carbons (Fsp3) is 0.438. The van der Waals surface area contributed by atoms with Gasteiger partial charge in [-0.1, -0.05) is 31.2 Å². The molecule has 0 fully saturated rings. The normalized spacial score (nSPS) is 17.3. The molecule has 3 rings (SSSR count). The van der Waals surface area contributed by atoms with E-state index in [2.05, 4.69) is 51.7 Å². The Morgan fingerprint density at radius 3 is 3.00 bits per heavy atom. The zero-order valence-corrected chi connectivity index (χ0v) is 12.2. The summed E-state index contributed by atoms with van der Waals surface area (Å²) in [5.74, 6) is 0.840. The monoisotopic (exact) mass is 284 g/mol. The van der Waals surface area contributed by atoms with Gasteiger partial charge in [0.05, 0.1) is 0 Å². The third-order valence-electron chi connectivity index (χ3n) is 3.90. The Bertz CT molecular complexity index is 635. The molecule has 0 bridgehead atoms. The second-order valence-corrected chi connectivity index (χ2v) is 5.54. The van der Waals surface area contributed by atoms with E-state index in [1.165, 1.54) is 11.1 Å². The van der Waals surface area contributed by atoms with Crippen molar-refractivity contribution in [3.63, 3.8) is 0 Å². The van der Waals surface area contributed by atoms with E-state index >= 15 is 0 Å². The first kappa shape index (κ1) is 13.8. The molecule has 0 saturated carbocycles. The van der Waals surface area contributed by atoms with Crippen LogP contribution in [-0.4, -0.2) is 27.1 Å². The van der Waals surface area contributed by atoms with E-state index in [0.717, 1.165) is 37.9 Å². The molecule has 5 heteroatoms. The maximum absolute atomic E-state index is 12.2. The third-order valence-corrected chi connectivity index (χ3v) is 3.90. The van der Waals surface area contributed by atoms with Crippen LogP contribution in [0.5, 0.6) is 0 Å². The molecular formula is C16H20N4O. The molecule has 1 aromatic heterocycles. The Morgan fingerprint density at radius 2 is 2.19 bits per heavy atom. The predicted molar refractivity (Wildman–Crippen MR) is 80.1 cm³/mol. The topological polar surface area (TPSA) is 70.7 Å². The number of fused-ring (bicyclic) bond motifs is 1. The van der Waals surface area contributed by atoms with E-state index in [1.54, 1.807) is 0 Å². The van der Waals surface area contributed by atoms with Crippen molar-refractivity contribution in [2.24, 2.45) is 0 Å². The van der Waals surface area contributed by atoms with Crippen LogP contribution >= 0.6 is 0 Å². The zero-order valence-electron chi connectivity index (χ0n) is 12.2. The lowest BCUT2D eigenvalue weighted by atomic mass is 9.88. The molecule has 2 aromatic rings. The fourth-order valence-corrected chi connectivity index (χ4v) is 2.82. The van der Waals surface area contributed by atoms with Crippen molar-refractivity contribution in [3.05, 3.63) is 47.0 Å². The summed E-state index contributed by atoms with van der Waals surface area (Å²) in [6.07, 6.45) is 4.66. The first-order valence-electron chi connectivity index (χ1n) is 7.55. The van der Waals surface area contributed by atoms with Gasteiger partial charge in [0.25, 0.3) is 5.91 Å². The van der Waals surface area contributed by atoms with Crippen LogP contribution < -0.4 is 5.32 Å². The molecule has 0 radical (unpaired) electrons. The van der Waals surface area contributed by atoms with E-state index in [1.807, 2.05) is 0 Å².